The fourth-order valence-corrected chi connectivity index (χ4v) is 2.87. The highest BCUT2D eigenvalue weighted by atomic mass is 16.3. The maximum atomic E-state index is 12.9. The van der Waals surface area contributed by atoms with Gasteiger partial charge in [0, 0.05) is 17.6 Å². The molecular weight excluding hydrogens is 332 g/mol. The predicted octanol–water partition coefficient (Wildman–Crippen LogP) is 3.47. The Labute approximate surface area is 150 Å². The van der Waals surface area contributed by atoms with E-state index in [0.29, 0.717) is 23.1 Å². The molecule has 1 heterocycles. The number of fused-ring (bicyclic) bond motifs is 1. The van der Waals surface area contributed by atoms with Crippen LogP contribution in [0.25, 0.3) is 10.9 Å². The molecule has 0 atom stereocenters. The predicted molar refractivity (Wildman–Crippen MR) is 101 cm³/mol. The largest absolute Gasteiger partial charge is 0.508 e. The first kappa shape index (κ1) is 17.5. The van der Waals surface area contributed by atoms with Crippen LogP contribution in [0.5, 0.6) is 11.5 Å². The number of pyridine rings is 1. The van der Waals surface area contributed by atoms with E-state index in [4.69, 9.17) is 0 Å². The van der Waals surface area contributed by atoms with E-state index in [1.54, 1.807) is 24.3 Å². The van der Waals surface area contributed by atoms with Gasteiger partial charge in [-0.25, -0.2) is 0 Å². The SMILES string of the molecule is CCCCn1c(=O)c(C(=O)Nc2ccc(O)cc2)c(O)c2ccccc21. The minimum atomic E-state index is -0.686. The molecule has 3 rings (SSSR count). The Bertz CT molecular complexity index is 1010. The van der Waals surface area contributed by atoms with Crippen molar-refractivity contribution in [3.63, 3.8) is 0 Å². The quantitative estimate of drug-likeness (QED) is 0.613. The first-order valence-electron chi connectivity index (χ1n) is 8.47. The Morgan fingerprint density at radius 2 is 1.77 bits per heavy atom. The monoisotopic (exact) mass is 352 g/mol. The number of amides is 1. The highest BCUT2D eigenvalue weighted by Gasteiger charge is 2.22. The Balaban J connectivity index is 2.11. The second-order valence-corrected chi connectivity index (χ2v) is 6.05. The number of phenols is 1. The second kappa shape index (κ2) is 7.31. The van der Waals surface area contributed by atoms with E-state index in [2.05, 4.69) is 5.32 Å². The molecule has 0 fully saturated rings. The first-order valence-corrected chi connectivity index (χ1v) is 8.47. The minimum absolute atomic E-state index is 0.0680. The lowest BCUT2D eigenvalue weighted by molar-refractivity contribution is 0.102. The highest BCUT2D eigenvalue weighted by molar-refractivity contribution is 6.09. The van der Waals surface area contributed by atoms with Gasteiger partial charge >= 0.3 is 0 Å². The highest BCUT2D eigenvalue weighted by Crippen LogP contribution is 2.27. The van der Waals surface area contributed by atoms with Crippen LogP contribution in [0, 0.1) is 0 Å². The molecule has 0 unspecified atom stereocenters. The molecular formula is C20H20N2O4. The van der Waals surface area contributed by atoms with E-state index in [0.717, 1.165) is 12.8 Å². The molecule has 6 heteroatoms. The number of aryl methyl sites for hydroxylation is 1. The summed E-state index contributed by atoms with van der Waals surface area (Å²) >= 11 is 0. The number of aromatic hydroxyl groups is 2. The zero-order valence-corrected chi connectivity index (χ0v) is 14.4. The lowest BCUT2D eigenvalue weighted by atomic mass is 10.1. The van der Waals surface area contributed by atoms with Gasteiger partial charge in [0.05, 0.1) is 5.52 Å². The molecule has 26 heavy (non-hydrogen) atoms. The van der Waals surface area contributed by atoms with E-state index >= 15 is 0 Å². The summed E-state index contributed by atoms with van der Waals surface area (Å²) in [7, 11) is 0. The number of para-hydroxylation sites is 1. The van der Waals surface area contributed by atoms with Crippen LogP contribution < -0.4 is 10.9 Å². The molecule has 2 aromatic carbocycles. The van der Waals surface area contributed by atoms with Gasteiger partial charge in [0.25, 0.3) is 11.5 Å². The van der Waals surface area contributed by atoms with Crippen LogP contribution in [-0.2, 0) is 6.54 Å². The maximum absolute atomic E-state index is 12.9. The van der Waals surface area contributed by atoms with Crippen molar-refractivity contribution in [2.75, 3.05) is 5.32 Å². The number of rotatable bonds is 5. The van der Waals surface area contributed by atoms with Crippen molar-refractivity contribution in [1.29, 1.82) is 0 Å². The van der Waals surface area contributed by atoms with Crippen molar-refractivity contribution in [1.82, 2.24) is 4.57 Å². The number of phenolic OH excluding ortho intramolecular Hbond substituents is 1. The number of aromatic nitrogens is 1. The summed E-state index contributed by atoms with van der Waals surface area (Å²) in [6.07, 6.45) is 1.68. The second-order valence-electron chi connectivity index (χ2n) is 6.05. The van der Waals surface area contributed by atoms with Gasteiger partial charge < -0.3 is 20.1 Å². The molecule has 6 nitrogen and oxygen atoms in total. The topological polar surface area (TPSA) is 91.6 Å². The molecule has 0 saturated heterocycles. The number of anilines is 1. The number of benzene rings is 2. The molecule has 0 saturated carbocycles. The zero-order valence-electron chi connectivity index (χ0n) is 14.4. The van der Waals surface area contributed by atoms with Crippen molar-refractivity contribution in [2.24, 2.45) is 0 Å². The third-order valence-electron chi connectivity index (χ3n) is 4.23. The van der Waals surface area contributed by atoms with Crippen LogP contribution in [0.2, 0.25) is 0 Å². The summed E-state index contributed by atoms with van der Waals surface area (Å²) in [6, 6.07) is 12.9. The van der Waals surface area contributed by atoms with Crippen LogP contribution in [-0.4, -0.2) is 20.7 Å². The molecule has 3 aromatic rings. The third kappa shape index (κ3) is 3.26. The first-order chi connectivity index (χ1) is 12.5. The van der Waals surface area contributed by atoms with E-state index in [9.17, 15) is 19.8 Å². The number of unbranched alkanes of at least 4 members (excludes halogenated alkanes) is 1. The van der Waals surface area contributed by atoms with Crippen molar-refractivity contribution in [3.05, 3.63) is 64.4 Å². The molecule has 0 aliphatic rings. The zero-order chi connectivity index (χ0) is 18.7. The van der Waals surface area contributed by atoms with Crippen LogP contribution in [0.3, 0.4) is 0 Å². The molecule has 1 aromatic heterocycles. The van der Waals surface area contributed by atoms with Crippen molar-refractivity contribution < 1.29 is 15.0 Å². The standard InChI is InChI=1S/C20H20N2O4/c1-2-3-12-22-16-7-5-4-6-15(16)18(24)17(20(22)26)19(25)21-13-8-10-14(23)11-9-13/h4-11,23-24H,2-3,12H2,1H3,(H,21,25). The number of carbonyl (C=O) groups is 1. The number of nitrogens with one attached hydrogen (secondary N) is 1. The molecule has 0 aliphatic carbocycles. The lowest BCUT2D eigenvalue weighted by Crippen LogP contribution is -2.30. The average molecular weight is 352 g/mol. The Kier molecular flexibility index (Phi) is 4.93. The summed E-state index contributed by atoms with van der Waals surface area (Å²) in [5, 5.41) is 22.9. The third-order valence-corrected chi connectivity index (χ3v) is 4.23. The number of hydrogen-bond acceptors (Lipinski definition) is 4. The van der Waals surface area contributed by atoms with Crippen molar-refractivity contribution in [2.45, 2.75) is 26.3 Å². The van der Waals surface area contributed by atoms with E-state index in [1.165, 1.54) is 28.8 Å². The van der Waals surface area contributed by atoms with Gasteiger partial charge in [0.2, 0.25) is 0 Å². The van der Waals surface area contributed by atoms with Crippen LogP contribution in [0.15, 0.2) is 53.3 Å². The van der Waals surface area contributed by atoms with Gasteiger partial charge in [-0.05, 0) is 42.8 Å². The fourth-order valence-electron chi connectivity index (χ4n) is 2.87. The van der Waals surface area contributed by atoms with Gasteiger partial charge in [-0.2, -0.15) is 0 Å². The van der Waals surface area contributed by atoms with Gasteiger partial charge in [-0.3, -0.25) is 9.59 Å². The Morgan fingerprint density at radius 1 is 1.08 bits per heavy atom. The molecule has 0 bridgehead atoms. The fraction of sp³-hybridized carbons (Fsp3) is 0.200. The Hall–Kier alpha value is -3.28. The van der Waals surface area contributed by atoms with E-state index in [1.807, 2.05) is 6.92 Å². The summed E-state index contributed by atoms with van der Waals surface area (Å²) in [6.45, 7) is 2.49. The normalized spacial score (nSPS) is 10.8. The minimum Gasteiger partial charge on any atom is -0.508 e. The smallest absolute Gasteiger partial charge is 0.267 e. The summed E-state index contributed by atoms with van der Waals surface area (Å²) in [5.74, 6) is -0.942. The van der Waals surface area contributed by atoms with Gasteiger partial charge in [-0.15, -0.1) is 0 Å². The molecule has 0 aliphatic heterocycles. The Morgan fingerprint density at radius 3 is 2.46 bits per heavy atom. The molecule has 0 spiro atoms. The van der Waals surface area contributed by atoms with E-state index < -0.39 is 11.5 Å². The van der Waals surface area contributed by atoms with Crippen LogP contribution in [0.4, 0.5) is 5.69 Å². The molecule has 0 radical (unpaired) electrons. The summed E-state index contributed by atoms with van der Waals surface area (Å²) < 4.78 is 1.53. The molecule has 134 valence electrons. The van der Waals surface area contributed by atoms with E-state index in [-0.39, 0.29) is 17.1 Å². The van der Waals surface area contributed by atoms with Crippen molar-refractivity contribution in [3.8, 4) is 11.5 Å². The number of carbonyl (C=O) groups excluding carboxylic acids is 1. The number of nitrogens with zero attached hydrogens (tertiary/aromatic N) is 1. The van der Waals surface area contributed by atoms with Crippen LogP contribution >= 0.6 is 0 Å². The maximum Gasteiger partial charge on any atom is 0.267 e. The summed E-state index contributed by atoms with van der Waals surface area (Å²) in [5.41, 5.74) is 0.211. The summed E-state index contributed by atoms with van der Waals surface area (Å²) in [4.78, 5) is 25.6. The van der Waals surface area contributed by atoms with Gasteiger partial charge in [0.1, 0.15) is 17.1 Å². The molecule has 1 amide bonds. The average Bonchev–Trinajstić information content (AvgIpc) is 2.64. The lowest BCUT2D eigenvalue weighted by Gasteiger charge is -2.14. The van der Waals surface area contributed by atoms with Gasteiger partial charge in [-0.1, -0.05) is 25.5 Å². The van der Waals surface area contributed by atoms with Crippen LogP contribution in [0.1, 0.15) is 30.1 Å². The number of hydrogen-bond donors (Lipinski definition) is 3. The van der Waals surface area contributed by atoms with Crippen molar-refractivity contribution >= 4 is 22.5 Å². The molecule has 3 N–H and O–H groups in total. The van der Waals surface area contributed by atoms with Gasteiger partial charge in [0.15, 0.2) is 0 Å².